The lowest BCUT2D eigenvalue weighted by molar-refractivity contribution is -0.0704. The number of ether oxygens (including phenoxy) is 2. The second-order valence-corrected chi connectivity index (χ2v) is 5.75. The quantitative estimate of drug-likeness (QED) is 0.719. The summed E-state index contributed by atoms with van der Waals surface area (Å²) in [4.78, 5) is 1.88. The number of aliphatic hydroxyl groups excluding tert-OH is 3. The molecule has 0 aromatic heterocycles. The molecule has 0 aliphatic carbocycles. The van der Waals surface area contributed by atoms with E-state index in [9.17, 15) is 19.7 Å². The van der Waals surface area contributed by atoms with Gasteiger partial charge in [0.2, 0.25) is 6.79 Å². The Morgan fingerprint density at radius 3 is 2.64 bits per heavy atom. The Morgan fingerprint density at radius 2 is 1.91 bits per heavy atom. The van der Waals surface area contributed by atoms with Gasteiger partial charge in [-0.1, -0.05) is 0 Å². The molecule has 6 nitrogen and oxygen atoms in total. The van der Waals surface area contributed by atoms with Crippen molar-refractivity contribution in [2.75, 3.05) is 26.5 Å². The smallest absolute Gasteiger partial charge is 0.231 e. The average molecular weight is 313 g/mol. The Morgan fingerprint density at radius 1 is 1.18 bits per heavy atom. The lowest BCUT2D eigenvalue weighted by atomic mass is 9.97. The molecule has 122 valence electrons. The molecule has 0 bridgehead atoms. The topological polar surface area (TPSA) is 82.4 Å². The fraction of sp³-hybridized carbons (Fsp3) is 0.600. The summed E-state index contributed by atoms with van der Waals surface area (Å²) >= 11 is 0. The van der Waals surface area contributed by atoms with Crippen molar-refractivity contribution in [2.24, 2.45) is 0 Å². The Balaban J connectivity index is 1.66. The van der Waals surface area contributed by atoms with Crippen LogP contribution in [0, 0.1) is 5.82 Å². The minimum absolute atomic E-state index is 0.0982. The van der Waals surface area contributed by atoms with E-state index in [1.54, 1.807) is 6.07 Å². The summed E-state index contributed by atoms with van der Waals surface area (Å²) in [6.45, 7) is 0.735. The fourth-order valence-electron chi connectivity index (χ4n) is 2.97. The molecular weight excluding hydrogens is 293 g/mol. The van der Waals surface area contributed by atoms with Crippen LogP contribution in [0.3, 0.4) is 0 Å². The lowest BCUT2D eigenvalue weighted by Crippen LogP contribution is -2.54. The van der Waals surface area contributed by atoms with Crippen LogP contribution in [0.4, 0.5) is 4.39 Å². The predicted octanol–water partition coefficient (Wildman–Crippen LogP) is -0.115. The molecule has 2 aliphatic heterocycles. The zero-order valence-electron chi connectivity index (χ0n) is 12.1. The van der Waals surface area contributed by atoms with Crippen molar-refractivity contribution >= 4 is 0 Å². The van der Waals surface area contributed by atoms with Crippen LogP contribution in [0.2, 0.25) is 0 Å². The largest absolute Gasteiger partial charge is 0.454 e. The molecule has 0 saturated carbocycles. The van der Waals surface area contributed by atoms with Gasteiger partial charge >= 0.3 is 0 Å². The van der Waals surface area contributed by atoms with Gasteiger partial charge in [-0.25, -0.2) is 4.39 Å². The van der Waals surface area contributed by atoms with Crippen LogP contribution >= 0.6 is 0 Å². The van der Waals surface area contributed by atoms with E-state index in [1.165, 1.54) is 6.07 Å². The van der Waals surface area contributed by atoms with E-state index in [0.29, 0.717) is 36.4 Å². The highest BCUT2D eigenvalue weighted by molar-refractivity contribution is 5.45. The highest BCUT2D eigenvalue weighted by atomic mass is 19.1. The van der Waals surface area contributed by atoms with Gasteiger partial charge in [-0.2, -0.15) is 0 Å². The van der Waals surface area contributed by atoms with Gasteiger partial charge in [0.1, 0.15) is 5.82 Å². The molecular formula is C15H20FNO5. The second-order valence-electron chi connectivity index (χ2n) is 5.75. The van der Waals surface area contributed by atoms with E-state index in [4.69, 9.17) is 9.47 Å². The predicted molar refractivity (Wildman–Crippen MR) is 75.3 cm³/mol. The van der Waals surface area contributed by atoms with Gasteiger partial charge in [0.25, 0.3) is 0 Å². The van der Waals surface area contributed by atoms with Crippen LogP contribution in [-0.4, -0.2) is 65.0 Å². The first-order chi connectivity index (χ1) is 10.6. The molecule has 1 saturated heterocycles. The summed E-state index contributed by atoms with van der Waals surface area (Å²) in [7, 11) is 0. The van der Waals surface area contributed by atoms with Gasteiger partial charge in [0, 0.05) is 25.2 Å². The maximum Gasteiger partial charge on any atom is 0.231 e. The summed E-state index contributed by atoms with van der Waals surface area (Å²) in [6.07, 6.45) is -0.941. The summed E-state index contributed by atoms with van der Waals surface area (Å²) in [5.74, 6) is 0.581. The summed E-state index contributed by atoms with van der Waals surface area (Å²) in [5, 5.41) is 28.8. The van der Waals surface area contributed by atoms with E-state index in [1.807, 2.05) is 4.90 Å². The molecule has 3 rings (SSSR count). The van der Waals surface area contributed by atoms with Crippen molar-refractivity contribution in [1.82, 2.24) is 4.90 Å². The molecule has 1 aromatic rings. The Labute approximate surface area is 127 Å². The molecule has 1 unspecified atom stereocenters. The van der Waals surface area contributed by atoms with E-state index in [2.05, 4.69) is 0 Å². The Kier molecular flexibility index (Phi) is 4.49. The lowest BCUT2D eigenvalue weighted by Gasteiger charge is -2.39. The first-order valence-electron chi connectivity index (χ1n) is 7.37. The monoisotopic (exact) mass is 313 g/mol. The van der Waals surface area contributed by atoms with Crippen LogP contribution in [0.15, 0.2) is 12.1 Å². The van der Waals surface area contributed by atoms with Gasteiger partial charge in [-0.3, -0.25) is 4.90 Å². The third-order valence-corrected chi connectivity index (χ3v) is 4.32. The van der Waals surface area contributed by atoms with Gasteiger partial charge in [0.15, 0.2) is 11.5 Å². The van der Waals surface area contributed by atoms with Crippen molar-refractivity contribution in [2.45, 2.75) is 31.1 Å². The van der Waals surface area contributed by atoms with Gasteiger partial charge in [0.05, 0.1) is 18.8 Å². The maximum atomic E-state index is 14.0. The van der Waals surface area contributed by atoms with Crippen molar-refractivity contribution in [3.63, 3.8) is 0 Å². The number of hydrogen-bond acceptors (Lipinski definition) is 6. The van der Waals surface area contributed by atoms with E-state index in [-0.39, 0.29) is 31.8 Å². The molecule has 0 spiro atoms. The van der Waals surface area contributed by atoms with Crippen molar-refractivity contribution in [3.05, 3.63) is 23.5 Å². The van der Waals surface area contributed by atoms with Crippen LogP contribution in [0.5, 0.6) is 11.5 Å². The number of aliphatic hydroxyl groups is 3. The minimum atomic E-state index is -0.843. The average Bonchev–Trinajstić information content (AvgIpc) is 2.94. The van der Waals surface area contributed by atoms with Gasteiger partial charge < -0.3 is 24.8 Å². The van der Waals surface area contributed by atoms with Crippen LogP contribution in [0.25, 0.3) is 0 Å². The Bertz CT molecular complexity index is 541. The molecule has 7 heteroatoms. The third-order valence-electron chi connectivity index (χ3n) is 4.32. The van der Waals surface area contributed by atoms with Crippen molar-refractivity contribution in [1.29, 1.82) is 0 Å². The van der Waals surface area contributed by atoms with Crippen molar-refractivity contribution in [3.8, 4) is 11.5 Å². The highest BCUT2D eigenvalue weighted by Crippen LogP contribution is 2.34. The van der Waals surface area contributed by atoms with Crippen molar-refractivity contribution < 1.29 is 29.2 Å². The zero-order chi connectivity index (χ0) is 15.7. The van der Waals surface area contributed by atoms with Crippen LogP contribution in [-0.2, 0) is 6.42 Å². The normalized spacial score (nSPS) is 28.1. The standard InChI is InChI=1S/C15H20FNO5/c16-11-5-15-14(21-8-22-15)3-9(11)1-2-17-6-13(20)12(19)4-10(17)7-18/h3,5,10,12-13,18-20H,1-2,4,6-8H2/t10-,12?,13+/m1/s1. The molecule has 1 aromatic carbocycles. The van der Waals surface area contributed by atoms with Crippen LogP contribution < -0.4 is 9.47 Å². The minimum Gasteiger partial charge on any atom is -0.454 e. The SMILES string of the molecule is OC[C@H]1CC(O)[C@@H](O)CN1CCc1cc2c(cc1F)OCO2. The van der Waals surface area contributed by atoms with E-state index >= 15 is 0 Å². The molecule has 2 heterocycles. The number of fused-ring (bicyclic) bond motifs is 1. The number of halogens is 1. The molecule has 3 N–H and O–H groups in total. The molecule has 0 radical (unpaired) electrons. The number of likely N-dealkylation sites (tertiary alicyclic amines) is 1. The summed E-state index contributed by atoms with van der Waals surface area (Å²) in [6, 6.07) is 2.71. The van der Waals surface area contributed by atoms with E-state index in [0.717, 1.165) is 0 Å². The molecule has 2 aliphatic rings. The fourth-order valence-corrected chi connectivity index (χ4v) is 2.97. The first-order valence-corrected chi connectivity index (χ1v) is 7.37. The zero-order valence-corrected chi connectivity index (χ0v) is 12.1. The molecule has 0 amide bonds. The number of hydrogen-bond donors (Lipinski definition) is 3. The van der Waals surface area contributed by atoms with Crippen LogP contribution in [0.1, 0.15) is 12.0 Å². The van der Waals surface area contributed by atoms with Gasteiger partial charge in [-0.05, 0) is 24.5 Å². The molecule has 22 heavy (non-hydrogen) atoms. The second kappa shape index (κ2) is 6.37. The number of benzene rings is 1. The number of rotatable bonds is 4. The van der Waals surface area contributed by atoms with E-state index < -0.39 is 12.2 Å². The molecule has 3 atom stereocenters. The Hall–Kier alpha value is -1.41. The number of nitrogens with zero attached hydrogens (tertiary/aromatic N) is 1. The number of β-amino-alcohol motifs (C(OH)–C–C–N with tert-alkyl or cyclic N) is 1. The first kappa shape index (κ1) is 15.5. The summed E-state index contributed by atoms with van der Waals surface area (Å²) < 4.78 is 24.4. The molecule has 1 fully saturated rings. The highest BCUT2D eigenvalue weighted by Gasteiger charge is 2.33. The summed E-state index contributed by atoms with van der Waals surface area (Å²) in [5.41, 5.74) is 0.501. The van der Waals surface area contributed by atoms with Gasteiger partial charge in [-0.15, -0.1) is 0 Å². The maximum absolute atomic E-state index is 14.0. The number of piperidine rings is 1. The third kappa shape index (κ3) is 3.03.